The predicted octanol–water partition coefficient (Wildman–Crippen LogP) is 2.77. The van der Waals surface area contributed by atoms with Crippen LogP contribution in [0.1, 0.15) is 56.4 Å². The number of amides is 1. The first-order chi connectivity index (χ1) is 11.7. The molecule has 1 heterocycles. The molecule has 0 bridgehead atoms. The van der Waals surface area contributed by atoms with E-state index in [2.05, 4.69) is 22.8 Å². The minimum Gasteiger partial charge on any atom is -0.463 e. The van der Waals surface area contributed by atoms with Crippen molar-refractivity contribution in [2.45, 2.75) is 57.2 Å². The van der Waals surface area contributed by atoms with Gasteiger partial charge in [-0.25, -0.2) is 0 Å². The summed E-state index contributed by atoms with van der Waals surface area (Å²) in [4.78, 5) is 12.6. The Morgan fingerprint density at radius 3 is 2.54 bits per heavy atom. The number of quaternary nitrogens is 1. The fraction of sp³-hybridized carbons (Fsp3) is 0.450. The highest BCUT2D eigenvalue weighted by atomic mass is 16.3. The fourth-order valence-corrected chi connectivity index (χ4v) is 3.45. The van der Waals surface area contributed by atoms with Gasteiger partial charge in [0.25, 0.3) is 5.91 Å². The van der Waals surface area contributed by atoms with Crippen LogP contribution >= 0.6 is 0 Å². The van der Waals surface area contributed by atoms with Crippen LogP contribution in [0.15, 0.2) is 53.1 Å². The molecule has 4 heteroatoms. The minimum absolute atomic E-state index is 0.00620. The highest BCUT2D eigenvalue weighted by Crippen LogP contribution is 2.19. The van der Waals surface area contributed by atoms with Crippen molar-refractivity contribution < 1.29 is 14.5 Å². The van der Waals surface area contributed by atoms with Crippen LogP contribution in [-0.4, -0.2) is 18.0 Å². The van der Waals surface area contributed by atoms with Crippen LogP contribution in [0.5, 0.6) is 0 Å². The van der Waals surface area contributed by atoms with Crippen molar-refractivity contribution in [1.29, 1.82) is 0 Å². The van der Waals surface area contributed by atoms with E-state index in [0.29, 0.717) is 6.04 Å². The first kappa shape index (κ1) is 16.8. The number of benzene rings is 1. The molecule has 3 rings (SSSR count). The first-order valence-electron chi connectivity index (χ1n) is 8.98. The lowest BCUT2D eigenvalue weighted by Crippen LogP contribution is -2.93. The molecule has 4 nitrogen and oxygen atoms in total. The van der Waals surface area contributed by atoms with Crippen LogP contribution in [0.25, 0.3) is 0 Å². The smallest absolute Gasteiger partial charge is 0.278 e. The molecule has 1 aliphatic rings. The molecule has 0 saturated heterocycles. The molecule has 2 atom stereocenters. The maximum absolute atomic E-state index is 12.6. The van der Waals surface area contributed by atoms with E-state index in [-0.39, 0.29) is 18.0 Å². The predicted molar refractivity (Wildman–Crippen MR) is 93.4 cm³/mol. The van der Waals surface area contributed by atoms with Crippen molar-refractivity contribution in [3.8, 4) is 0 Å². The number of rotatable bonds is 6. The van der Waals surface area contributed by atoms with Crippen LogP contribution < -0.4 is 10.6 Å². The highest BCUT2D eigenvalue weighted by Gasteiger charge is 2.28. The van der Waals surface area contributed by atoms with Crippen LogP contribution in [0, 0.1) is 0 Å². The Bertz CT molecular complexity index is 618. The molecule has 24 heavy (non-hydrogen) atoms. The Balaban J connectivity index is 1.66. The van der Waals surface area contributed by atoms with Gasteiger partial charge in [-0.1, -0.05) is 49.6 Å². The molecule has 1 amide bonds. The summed E-state index contributed by atoms with van der Waals surface area (Å²) in [6, 6.07) is 14.2. The Labute approximate surface area is 143 Å². The van der Waals surface area contributed by atoms with Gasteiger partial charge in [-0.05, 0) is 31.9 Å². The van der Waals surface area contributed by atoms with E-state index in [0.717, 1.165) is 24.2 Å². The van der Waals surface area contributed by atoms with E-state index in [1.165, 1.54) is 19.3 Å². The van der Waals surface area contributed by atoms with E-state index < -0.39 is 0 Å². The number of hydrogen-bond donors (Lipinski definition) is 2. The summed E-state index contributed by atoms with van der Waals surface area (Å²) in [7, 11) is 0. The van der Waals surface area contributed by atoms with Gasteiger partial charge in [0.1, 0.15) is 0 Å². The van der Waals surface area contributed by atoms with Gasteiger partial charge in [-0.3, -0.25) is 4.79 Å². The third-order valence-corrected chi connectivity index (χ3v) is 4.85. The van der Waals surface area contributed by atoms with E-state index in [1.54, 1.807) is 6.26 Å². The van der Waals surface area contributed by atoms with Gasteiger partial charge in [0, 0.05) is 11.6 Å². The highest BCUT2D eigenvalue weighted by molar-refractivity contribution is 5.80. The van der Waals surface area contributed by atoms with Crippen LogP contribution in [0.2, 0.25) is 0 Å². The summed E-state index contributed by atoms with van der Waals surface area (Å²) >= 11 is 0. The maximum atomic E-state index is 12.6. The summed E-state index contributed by atoms with van der Waals surface area (Å²) < 4.78 is 5.62. The van der Waals surface area contributed by atoms with Gasteiger partial charge in [0.2, 0.25) is 0 Å². The normalized spacial score (nSPS) is 18.0. The van der Waals surface area contributed by atoms with Gasteiger partial charge in [0.15, 0.2) is 17.8 Å². The van der Waals surface area contributed by atoms with Crippen molar-refractivity contribution in [3.63, 3.8) is 0 Å². The van der Waals surface area contributed by atoms with Crippen molar-refractivity contribution in [1.82, 2.24) is 5.32 Å². The third kappa shape index (κ3) is 4.26. The second kappa shape index (κ2) is 8.15. The average Bonchev–Trinajstić information content (AvgIpc) is 3.15. The van der Waals surface area contributed by atoms with E-state index in [9.17, 15) is 4.79 Å². The average molecular weight is 327 g/mol. The minimum atomic E-state index is -0.165. The molecule has 0 aliphatic heterocycles. The Morgan fingerprint density at radius 2 is 1.88 bits per heavy atom. The molecule has 1 aromatic carbocycles. The summed E-state index contributed by atoms with van der Waals surface area (Å²) in [6.07, 6.45) is 7.65. The zero-order chi connectivity index (χ0) is 16.8. The molecular weight excluding hydrogens is 300 g/mol. The second-order valence-electron chi connectivity index (χ2n) is 6.73. The molecule has 128 valence electrons. The Hall–Kier alpha value is -2.07. The largest absolute Gasteiger partial charge is 0.463 e. The summed E-state index contributed by atoms with van der Waals surface area (Å²) in [6.45, 7) is 1.97. The van der Waals surface area contributed by atoms with Crippen LogP contribution in [0.4, 0.5) is 0 Å². The van der Waals surface area contributed by atoms with Gasteiger partial charge in [0.05, 0.1) is 6.26 Å². The quantitative estimate of drug-likeness (QED) is 0.857. The molecule has 2 aromatic rings. The standard InChI is InChI=1S/C20H26N2O2/c1-15(20(23)22-17-11-6-3-7-12-17)21-19(18-13-8-14-24-18)16-9-4-2-5-10-16/h2,4-5,8-10,13-15,17,19,21H,3,6-7,11-12H2,1H3,(H,22,23)/p+1/t15-,19+/m0/s1. The number of carbonyl (C=O) groups is 1. The number of nitrogens with two attached hydrogens (primary N) is 1. The molecule has 1 saturated carbocycles. The zero-order valence-electron chi connectivity index (χ0n) is 14.3. The maximum Gasteiger partial charge on any atom is 0.278 e. The molecule has 0 unspecified atom stereocenters. The summed E-state index contributed by atoms with van der Waals surface area (Å²) in [5, 5.41) is 5.31. The lowest BCUT2D eigenvalue weighted by molar-refractivity contribution is -0.706. The molecule has 3 N–H and O–H groups in total. The topological polar surface area (TPSA) is 58.9 Å². The van der Waals surface area contributed by atoms with Gasteiger partial charge in [-0.2, -0.15) is 0 Å². The van der Waals surface area contributed by atoms with Crippen molar-refractivity contribution in [2.75, 3.05) is 0 Å². The molecule has 1 aromatic heterocycles. The van der Waals surface area contributed by atoms with Crippen LogP contribution in [0.3, 0.4) is 0 Å². The van der Waals surface area contributed by atoms with Gasteiger partial charge >= 0.3 is 0 Å². The van der Waals surface area contributed by atoms with Crippen LogP contribution in [-0.2, 0) is 4.79 Å². The number of hydrogen-bond acceptors (Lipinski definition) is 2. The van der Waals surface area contributed by atoms with E-state index in [4.69, 9.17) is 4.42 Å². The molecule has 1 aliphatic carbocycles. The molecular formula is C20H27N2O2+. The molecule has 0 spiro atoms. The molecule has 0 radical (unpaired) electrons. The Kier molecular flexibility index (Phi) is 5.70. The van der Waals surface area contributed by atoms with E-state index in [1.807, 2.05) is 37.3 Å². The molecule has 1 fully saturated rings. The SMILES string of the molecule is C[C@H]([NH2+][C@H](c1ccccc1)c1ccco1)C(=O)NC1CCCCC1. The van der Waals surface area contributed by atoms with E-state index >= 15 is 0 Å². The van der Waals surface area contributed by atoms with Gasteiger partial charge < -0.3 is 15.1 Å². The third-order valence-electron chi connectivity index (χ3n) is 4.85. The first-order valence-corrected chi connectivity index (χ1v) is 8.98. The monoisotopic (exact) mass is 327 g/mol. The zero-order valence-corrected chi connectivity index (χ0v) is 14.3. The fourth-order valence-electron chi connectivity index (χ4n) is 3.45. The lowest BCUT2D eigenvalue weighted by Gasteiger charge is -2.25. The summed E-state index contributed by atoms with van der Waals surface area (Å²) in [5.74, 6) is 0.993. The summed E-state index contributed by atoms with van der Waals surface area (Å²) in [5.41, 5.74) is 1.14. The number of furan rings is 1. The van der Waals surface area contributed by atoms with Crippen molar-refractivity contribution in [3.05, 3.63) is 60.1 Å². The Morgan fingerprint density at radius 1 is 1.12 bits per heavy atom. The van der Waals surface area contributed by atoms with Crippen molar-refractivity contribution >= 4 is 5.91 Å². The second-order valence-corrected chi connectivity index (χ2v) is 6.73. The lowest BCUT2D eigenvalue weighted by atomic mass is 9.95. The van der Waals surface area contributed by atoms with Gasteiger partial charge in [-0.15, -0.1) is 0 Å². The van der Waals surface area contributed by atoms with Crippen molar-refractivity contribution in [2.24, 2.45) is 0 Å². The number of nitrogens with one attached hydrogen (secondary N) is 1. The number of carbonyl (C=O) groups excluding carboxylic acids is 1.